The van der Waals surface area contributed by atoms with E-state index in [0.717, 1.165) is 60.3 Å². The topological polar surface area (TPSA) is 50.3 Å². The molecule has 1 saturated heterocycles. The Bertz CT molecular complexity index is 986. The molecule has 3 aromatic rings. The van der Waals surface area contributed by atoms with Crippen molar-refractivity contribution in [1.29, 1.82) is 0 Å². The summed E-state index contributed by atoms with van der Waals surface area (Å²) < 4.78 is 21.5. The fourth-order valence-corrected chi connectivity index (χ4v) is 3.94. The number of pyridine rings is 1. The smallest absolute Gasteiger partial charge is 0.191 e. The first-order valence-electron chi connectivity index (χ1n) is 8.68. The third-order valence-electron chi connectivity index (χ3n) is 5.02. The van der Waals surface area contributed by atoms with Crippen LogP contribution >= 0.6 is 0 Å². The Hall–Kier alpha value is -2.18. The van der Waals surface area contributed by atoms with E-state index in [1.165, 1.54) is 6.07 Å². The molecule has 1 unspecified atom stereocenters. The Kier molecular flexibility index (Phi) is 4.09. The predicted octanol–water partition coefficient (Wildman–Crippen LogP) is 2.82. The number of ether oxygens (including phenoxy) is 1. The maximum atomic E-state index is 13.9. The number of H-pyrrole nitrogens is 1. The highest BCUT2D eigenvalue weighted by Crippen LogP contribution is 2.33. The number of aryl methyl sites for hydroxylation is 1. The first kappa shape index (κ1) is 16.3. The lowest BCUT2D eigenvalue weighted by molar-refractivity contribution is 0.0330. The molecule has 1 aromatic carbocycles. The van der Waals surface area contributed by atoms with Gasteiger partial charge >= 0.3 is 0 Å². The number of benzene rings is 1. The van der Waals surface area contributed by atoms with Crippen LogP contribution in [0, 0.1) is 12.9 Å². The first-order chi connectivity index (χ1) is 12.0. The van der Waals surface area contributed by atoms with E-state index in [2.05, 4.69) is 21.4 Å². The number of nitrogens with one attached hydrogen (secondary N) is 1. The third kappa shape index (κ3) is 2.85. The maximum Gasteiger partial charge on any atom is 0.191 e. The molecule has 0 saturated carbocycles. The summed E-state index contributed by atoms with van der Waals surface area (Å²) in [4.78, 5) is 17.1. The summed E-state index contributed by atoms with van der Waals surface area (Å²) >= 11 is 0. The highest BCUT2D eigenvalue weighted by atomic mass is 19.1. The Morgan fingerprint density at radius 3 is 2.76 bits per heavy atom. The van der Waals surface area contributed by atoms with Gasteiger partial charge in [0, 0.05) is 54.3 Å². The van der Waals surface area contributed by atoms with Gasteiger partial charge < -0.3 is 14.3 Å². The number of morpholine rings is 1. The zero-order valence-electron chi connectivity index (χ0n) is 14.5. The molecular formula is C19H22FN3O2. The van der Waals surface area contributed by atoms with E-state index < -0.39 is 0 Å². The van der Waals surface area contributed by atoms with Gasteiger partial charge in [-0.05, 0) is 26.0 Å². The van der Waals surface area contributed by atoms with Gasteiger partial charge in [0.05, 0.1) is 24.2 Å². The van der Waals surface area contributed by atoms with Gasteiger partial charge in [0.25, 0.3) is 0 Å². The van der Waals surface area contributed by atoms with Crippen molar-refractivity contribution in [3.8, 4) is 0 Å². The van der Waals surface area contributed by atoms with Gasteiger partial charge in [-0.15, -0.1) is 0 Å². The lowest BCUT2D eigenvalue weighted by atomic mass is 10.1. The number of aromatic nitrogens is 2. The summed E-state index contributed by atoms with van der Waals surface area (Å²) in [6.45, 7) is 8.21. The van der Waals surface area contributed by atoms with E-state index in [-0.39, 0.29) is 17.4 Å². The van der Waals surface area contributed by atoms with E-state index in [1.807, 2.05) is 6.92 Å². The predicted molar refractivity (Wildman–Crippen MR) is 96.7 cm³/mol. The van der Waals surface area contributed by atoms with Crippen molar-refractivity contribution < 1.29 is 9.13 Å². The molecule has 0 spiro atoms. The molecule has 0 amide bonds. The second kappa shape index (κ2) is 6.28. The molecule has 1 N–H and O–H groups in total. The molecule has 1 aliphatic heterocycles. The second-order valence-electron chi connectivity index (χ2n) is 6.82. The Balaban J connectivity index is 1.90. The molecule has 4 rings (SSSR count). The van der Waals surface area contributed by atoms with E-state index in [1.54, 1.807) is 18.2 Å². The molecule has 2 aromatic heterocycles. The number of rotatable bonds is 3. The fraction of sp³-hybridized carbons (Fsp3) is 0.421. The van der Waals surface area contributed by atoms with Gasteiger partial charge in [-0.1, -0.05) is 0 Å². The molecule has 132 valence electrons. The lowest BCUT2D eigenvalue weighted by Gasteiger charge is -2.30. The minimum atomic E-state index is -0.365. The Morgan fingerprint density at radius 2 is 2.00 bits per heavy atom. The van der Waals surface area contributed by atoms with Crippen LogP contribution in [0.15, 0.2) is 29.1 Å². The average Bonchev–Trinajstić information content (AvgIpc) is 2.89. The molecule has 1 atom stereocenters. The monoisotopic (exact) mass is 343 g/mol. The summed E-state index contributed by atoms with van der Waals surface area (Å²) in [6.07, 6.45) is 0. The minimum Gasteiger partial charge on any atom is -0.379 e. The van der Waals surface area contributed by atoms with Crippen molar-refractivity contribution in [1.82, 2.24) is 14.5 Å². The maximum absolute atomic E-state index is 13.9. The van der Waals surface area contributed by atoms with Gasteiger partial charge in [0.15, 0.2) is 11.4 Å². The van der Waals surface area contributed by atoms with Crippen LogP contribution in [-0.2, 0) is 4.74 Å². The molecule has 0 aliphatic carbocycles. The fourth-order valence-electron chi connectivity index (χ4n) is 3.94. The summed E-state index contributed by atoms with van der Waals surface area (Å²) in [5, 5.41) is 1.76. The molecule has 1 fully saturated rings. The van der Waals surface area contributed by atoms with Crippen LogP contribution in [0.4, 0.5) is 4.39 Å². The number of halogens is 1. The summed E-state index contributed by atoms with van der Waals surface area (Å²) in [6, 6.07) is 6.67. The van der Waals surface area contributed by atoms with E-state index in [0.29, 0.717) is 0 Å². The van der Waals surface area contributed by atoms with E-state index in [9.17, 15) is 9.18 Å². The molecule has 3 heterocycles. The zero-order chi connectivity index (χ0) is 17.6. The number of hydrogen-bond donors (Lipinski definition) is 1. The quantitative estimate of drug-likeness (QED) is 0.744. The van der Waals surface area contributed by atoms with E-state index >= 15 is 0 Å². The highest BCUT2D eigenvalue weighted by Gasteiger charge is 2.21. The van der Waals surface area contributed by atoms with Crippen LogP contribution in [0.3, 0.4) is 0 Å². The van der Waals surface area contributed by atoms with Crippen LogP contribution in [0.25, 0.3) is 21.8 Å². The molecule has 0 radical (unpaired) electrons. The van der Waals surface area contributed by atoms with E-state index in [4.69, 9.17) is 4.74 Å². The van der Waals surface area contributed by atoms with Gasteiger partial charge in [-0.3, -0.25) is 9.69 Å². The SMILES string of the molecule is Cc1[nH]c(F)cc2c3ccc(=O)cc3n(C(C)CN3CCOCC3)c12. The van der Waals surface area contributed by atoms with Crippen molar-refractivity contribution >= 4 is 21.8 Å². The van der Waals surface area contributed by atoms with Crippen molar-refractivity contribution in [3.63, 3.8) is 0 Å². The molecular weight excluding hydrogens is 321 g/mol. The number of fused-ring (bicyclic) bond motifs is 3. The van der Waals surface area contributed by atoms with Crippen molar-refractivity contribution in [2.45, 2.75) is 19.9 Å². The third-order valence-corrected chi connectivity index (χ3v) is 5.02. The normalized spacial score (nSPS) is 17.4. The molecule has 0 bridgehead atoms. The largest absolute Gasteiger partial charge is 0.379 e. The standard InChI is InChI=1S/C19H22FN3O2/c1-12(11-22-5-7-25-8-6-22)23-17-9-14(24)3-4-15(17)16-10-18(20)21-13(2)19(16)23/h3-4,9-10,12,21H,5-8,11H2,1-2H3. The van der Waals surface area contributed by atoms with Crippen molar-refractivity contribution in [2.24, 2.45) is 0 Å². The van der Waals surface area contributed by atoms with Gasteiger partial charge in [-0.2, -0.15) is 4.39 Å². The van der Waals surface area contributed by atoms with Crippen LogP contribution in [-0.4, -0.2) is 47.3 Å². The van der Waals surface area contributed by atoms with Gasteiger partial charge in [0.1, 0.15) is 0 Å². The van der Waals surface area contributed by atoms with Crippen LogP contribution < -0.4 is 5.43 Å². The zero-order valence-corrected chi connectivity index (χ0v) is 14.5. The summed E-state index contributed by atoms with van der Waals surface area (Å²) in [5.41, 5.74) is 2.57. The number of aromatic amines is 1. The molecule has 1 aliphatic rings. The van der Waals surface area contributed by atoms with Gasteiger partial charge in [0.2, 0.25) is 0 Å². The van der Waals surface area contributed by atoms with Crippen LogP contribution in [0.1, 0.15) is 18.7 Å². The van der Waals surface area contributed by atoms with Crippen molar-refractivity contribution in [3.05, 3.63) is 46.1 Å². The number of nitrogens with zero attached hydrogens (tertiary/aromatic N) is 2. The van der Waals surface area contributed by atoms with Gasteiger partial charge in [-0.25, -0.2) is 0 Å². The second-order valence-corrected chi connectivity index (χ2v) is 6.82. The summed E-state index contributed by atoms with van der Waals surface area (Å²) in [7, 11) is 0. The minimum absolute atomic E-state index is 0.0303. The number of hydrogen-bond acceptors (Lipinski definition) is 3. The Labute approximate surface area is 145 Å². The lowest BCUT2D eigenvalue weighted by Crippen LogP contribution is -2.39. The van der Waals surface area contributed by atoms with Crippen LogP contribution in [0.2, 0.25) is 0 Å². The molecule has 6 heteroatoms. The molecule has 25 heavy (non-hydrogen) atoms. The Morgan fingerprint density at radius 1 is 1.24 bits per heavy atom. The highest BCUT2D eigenvalue weighted by molar-refractivity contribution is 6.08. The van der Waals surface area contributed by atoms with Crippen molar-refractivity contribution in [2.75, 3.05) is 32.8 Å². The van der Waals surface area contributed by atoms with Crippen LogP contribution in [0.5, 0.6) is 0 Å². The molecule has 5 nitrogen and oxygen atoms in total. The average molecular weight is 343 g/mol. The summed E-state index contributed by atoms with van der Waals surface area (Å²) in [5.74, 6) is -0.365. The first-order valence-corrected chi connectivity index (χ1v) is 8.68.